The van der Waals surface area contributed by atoms with Crippen LogP contribution in [0.2, 0.25) is 0 Å². The number of benzene rings is 1. The topological polar surface area (TPSA) is 96.2 Å². The van der Waals surface area contributed by atoms with Crippen LogP contribution in [0.25, 0.3) is 0 Å². The van der Waals surface area contributed by atoms with Crippen LogP contribution in [0.3, 0.4) is 0 Å². The van der Waals surface area contributed by atoms with E-state index >= 15 is 0 Å². The summed E-state index contributed by atoms with van der Waals surface area (Å²) in [4.78, 5) is 10.2. The van der Waals surface area contributed by atoms with Crippen molar-refractivity contribution in [2.24, 2.45) is 5.73 Å². The zero-order valence-corrected chi connectivity index (χ0v) is 11.9. The number of methoxy groups -OCH3 is 1. The van der Waals surface area contributed by atoms with Gasteiger partial charge in [0.2, 0.25) is 0 Å². The number of hydrogen-bond acceptors (Lipinski definition) is 5. The molecule has 0 aliphatic heterocycles. The quantitative estimate of drug-likeness (QED) is 0.619. The second-order valence-electron chi connectivity index (χ2n) is 4.69. The van der Waals surface area contributed by atoms with Crippen molar-refractivity contribution in [1.82, 2.24) is 9.78 Å². The highest BCUT2D eigenvalue weighted by molar-refractivity contribution is 5.38. The van der Waals surface area contributed by atoms with Crippen LogP contribution in [0.5, 0.6) is 5.75 Å². The molecule has 7 nitrogen and oxygen atoms in total. The van der Waals surface area contributed by atoms with Gasteiger partial charge in [-0.3, -0.25) is 14.8 Å². The van der Waals surface area contributed by atoms with Gasteiger partial charge in [0.15, 0.2) is 0 Å². The summed E-state index contributed by atoms with van der Waals surface area (Å²) in [5.74, 6) is 0.740. The number of aromatic nitrogens is 2. The molecule has 0 amide bonds. The molecular formula is C14H18N4O3. The van der Waals surface area contributed by atoms with Gasteiger partial charge in [0.05, 0.1) is 18.6 Å². The molecule has 0 saturated carbocycles. The molecule has 2 rings (SSSR count). The molecule has 0 unspecified atom stereocenters. The first-order chi connectivity index (χ1) is 10.1. The lowest BCUT2D eigenvalue weighted by atomic mass is 10.1. The first-order valence-electron chi connectivity index (χ1n) is 6.66. The summed E-state index contributed by atoms with van der Waals surface area (Å²) < 4.78 is 6.86. The minimum Gasteiger partial charge on any atom is -0.496 e. The Morgan fingerprint density at radius 2 is 2.29 bits per heavy atom. The van der Waals surface area contributed by atoms with Gasteiger partial charge in [-0.2, -0.15) is 5.10 Å². The number of ether oxygens (including phenoxy) is 1. The van der Waals surface area contributed by atoms with Gasteiger partial charge in [-0.15, -0.1) is 0 Å². The molecule has 0 spiro atoms. The Labute approximate surface area is 122 Å². The average Bonchev–Trinajstić information content (AvgIpc) is 2.94. The Morgan fingerprint density at radius 1 is 1.48 bits per heavy atom. The van der Waals surface area contributed by atoms with E-state index < -0.39 is 4.92 Å². The Hall–Kier alpha value is -2.41. The fourth-order valence-corrected chi connectivity index (χ4v) is 2.13. The third kappa shape index (κ3) is 3.79. The van der Waals surface area contributed by atoms with Crippen molar-refractivity contribution in [1.29, 1.82) is 0 Å². The lowest BCUT2D eigenvalue weighted by molar-refractivity contribution is -0.385. The molecule has 0 bridgehead atoms. The standard InChI is InChI=1S/C14H18N4O3/c1-21-14-5-4-11(3-2-6-15)7-12(14)9-17-10-13(8-16-17)18(19)20/h4-5,7-8,10H,2-3,6,9,15H2,1H3. The van der Waals surface area contributed by atoms with Crippen molar-refractivity contribution in [3.05, 3.63) is 51.8 Å². The van der Waals surface area contributed by atoms with E-state index in [1.807, 2.05) is 18.2 Å². The fourth-order valence-electron chi connectivity index (χ4n) is 2.13. The zero-order valence-electron chi connectivity index (χ0n) is 11.9. The first-order valence-corrected chi connectivity index (χ1v) is 6.66. The van der Waals surface area contributed by atoms with E-state index in [4.69, 9.17) is 10.5 Å². The molecule has 0 saturated heterocycles. The molecule has 2 N–H and O–H groups in total. The smallest absolute Gasteiger partial charge is 0.307 e. The second kappa shape index (κ2) is 6.85. The predicted octanol–water partition coefficient (Wildman–Crippen LogP) is 1.74. The number of nitrogens with two attached hydrogens (primary N) is 1. The van der Waals surface area contributed by atoms with Gasteiger partial charge in [-0.05, 0) is 31.0 Å². The van der Waals surface area contributed by atoms with E-state index in [9.17, 15) is 10.1 Å². The van der Waals surface area contributed by atoms with Gasteiger partial charge in [-0.25, -0.2) is 0 Å². The maximum atomic E-state index is 10.7. The molecule has 2 aromatic rings. The highest BCUT2D eigenvalue weighted by atomic mass is 16.6. The van der Waals surface area contributed by atoms with Gasteiger partial charge in [0.25, 0.3) is 0 Å². The van der Waals surface area contributed by atoms with Gasteiger partial charge in [0.1, 0.15) is 18.1 Å². The zero-order chi connectivity index (χ0) is 15.2. The van der Waals surface area contributed by atoms with Crippen LogP contribution >= 0.6 is 0 Å². The Balaban J connectivity index is 2.21. The maximum Gasteiger partial charge on any atom is 0.307 e. The van der Waals surface area contributed by atoms with E-state index in [-0.39, 0.29) is 5.69 Å². The lowest BCUT2D eigenvalue weighted by Crippen LogP contribution is -2.04. The minimum absolute atomic E-state index is 0.0201. The summed E-state index contributed by atoms with van der Waals surface area (Å²) in [6.45, 7) is 1.07. The number of hydrogen-bond donors (Lipinski definition) is 1. The van der Waals surface area contributed by atoms with Gasteiger partial charge < -0.3 is 10.5 Å². The van der Waals surface area contributed by atoms with Crippen LogP contribution in [0.15, 0.2) is 30.6 Å². The Bertz CT molecular complexity index is 624. The summed E-state index contributed by atoms with van der Waals surface area (Å²) in [5, 5.41) is 14.7. The summed E-state index contributed by atoms with van der Waals surface area (Å²) >= 11 is 0. The number of aryl methyl sites for hydroxylation is 1. The van der Waals surface area contributed by atoms with Crippen molar-refractivity contribution in [2.75, 3.05) is 13.7 Å². The average molecular weight is 290 g/mol. The number of nitro groups is 1. The SMILES string of the molecule is COc1ccc(CCCN)cc1Cn1cc([N+](=O)[O-])cn1. The van der Waals surface area contributed by atoms with Crippen molar-refractivity contribution >= 4 is 5.69 Å². The van der Waals surface area contributed by atoms with Crippen molar-refractivity contribution in [3.8, 4) is 5.75 Å². The molecule has 7 heteroatoms. The van der Waals surface area contributed by atoms with Gasteiger partial charge >= 0.3 is 5.69 Å². The number of rotatable bonds is 7. The molecule has 1 aromatic heterocycles. The monoisotopic (exact) mass is 290 g/mol. The normalized spacial score (nSPS) is 10.6. The molecule has 0 aliphatic rings. The van der Waals surface area contributed by atoms with Gasteiger partial charge in [-0.1, -0.05) is 12.1 Å². The third-order valence-corrected chi connectivity index (χ3v) is 3.18. The molecule has 112 valence electrons. The third-order valence-electron chi connectivity index (χ3n) is 3.18. The van der Waals surface area contributed by atoms with E-state index in [1.165, 1.54) is 17.1 Å². The van der Waals surface area contributed by atoms with Crippen molar-refractivity contribution in [2.45, 2.75) is 19.4 Å². The van der Waals surface area contributed by atoms with Crippen molar-refractivity contribution in [3.63, 3.8) is 0 Å². The van der Waals surface area contributed by atoms with E-state index in [1.54, 1.807) is 7.11 Å². The Morgan fingerprint density at radius 3 is 2.90 bits per heavy atom. The van der Waals surface area contributed by atoms with Crippen LogP contribution < -0.4 is 10.5 Å². The van der Waals surface area contributed by atoms with Crippen LogP contribution in [0.4, 0.5) is 5.69 Å². The summed E-state index contributed by atoms with van der Waals surface area (Å²) in [5.41, 5.74) is 7.60. The highest BCUT2D eigenvalue weighted by Crippen LogP contribution is 2.22. The largest absolute Gasteiger partial charge is 0.496 e. The molecule has 0 radical (unpaired) electrons. The van der Waals surface area contributed by atoms with E-state index in [0.29, 0.717) is 13.1 Å². The molecular weight excluding hydrogens is 272 g/mol. The molecule has 0 atom stereocenters. The van der Waals surface area contributed by atoms with Crippen molar-refractivity contribution < 1.29 is 9.66 Å². The molecule has 0 fully saturated rings. The molecule has 1 aromatic carbocycles. The van der Waals surface area contributed by atoms with E-state index in [0.717, 1.165) is 29.7 Å². The molecule has 0 aliphatic carbocycles. The lowest BCUT2D eigenvalue weighted by Gasteiger charge is -2.10. The second-order valence-corrected chi connectivity index (χ2v) is 4.69. The van der Waals surface area contributed by atoms with Crippen LogP contribution in [-0.4, -0.2) is 28.4 Å². The molecule has 1 heterocycles. The first kappa shape index (κ1) is 15.0. The maximum absolute atomic E-state index is 10.7. The summed E-state index contributed by atoms with van der Waals surface area (Å²) in [6.07, 6.45) is 4.46. The highest BCUT2D eigenvalue weighted by Gasteiger charge is 2.11. The minimum atomic E-state index is -0.460. The summed E-state index contributed by atoms with van der Waals surface area (Å²) in [6, 6.07) is 5.94. The fraction of sp³-hybridized carbons (Fsp3) is 0.357. The summed E-state index contributed by atoms with van der Waals surface area (Å²) in [7, 11) is 1.60. The van der Waals surface area contributed by atoms with Crippen LogP contribution in [0, 0.1) is 10.1 Å². The number of nitrogens with zero attached hydrogens (tertiary/aromatic N) is 3. The van der Waals surface area contributed by atoms with Gasteiger partial charge in [0, 0.05) is 5.56 Å². The van der Waals surface area contributed by atoms with E-state index in [2.05, 4.69) is 5.10 Å². The predicted molar refractivity (Wildman–Crippen MR) is 78.4 cm³/mol. The Kier molecular flexibility index (Phi) is 4.89. The van der Waals surface area contributed by atoms with Crippen LogP contribution in [0.1, 0.15) is 17.5 Å². The van der Waals surface area contributed by atoms with Crippen LogP contribution in [-0.2, 0) is 13.0 Å². The molecule has 21 heavy (non-hydrogen) atoms.